The first-order valence-electron chi connectivity index (χ1n) is 7.39. The normalized spacial score (nSPS) is 11.4. The van der Waals surface area contributed by atoms with E-state index in [4.69, 9.17) is 0 Å². The molecule has 0 aromatic heterocycles. The van der Waals surface area contributed by atoms with E-state index in [0.29, 0.717) is 16.8 Å². The lowest BCUT2D eigenvalue weighted by Gasteiger charge is -2.06. The molecule has 0 radical (unpaired) electrons. The van der Waals surface area contributed by atoms with Gasteiger partial charge in [0.25, 0.3) is 5.69 Å². The average Bonchev–Trinajstić information content (AvgIpc) is 2.60. The number of nitrogens with zero attached hydrogens (tertiary/aromatic N) is 1. The molecule has 2 aromatic carbocycles. The van der Waals surface area contributed by atoms with Crippen LogP contribution >= 0.6 is 0 Å². The number of hydrogen-bond acceptors (Lipinski definition) is 5. The second-order valence-corrected chi connectivity index (χ2v) is 7.11. The molecule has 25 heavy (non-hydrogen) atoms. The van der Waals surface area contributed by atoms with Crippen molar-refractivity contribution in [3.05, 3.63) is 75.8 Å². The number of sulfonamides is 1. The summed E-state index contributed by atoms with van der Waals surface area (Å²) in [6, 6.07) is 12.0. The molecule has 8 heteroatoms. The van der Waals surface area contributed by atoms with Crippen molar-refractivity contribution in [1.29, 1.82) is 0 Å². The van der Waals surface area contributed by atoms with Crippen LogP contribution in [-0.4, -0.2) is 24.9 Å². The molecule has 130 valence electrons. The van der Waals surface area contributed by atoms with E-state index in [9.17, 15) is 23.3 Å². The Hall–Kier alpha value is -3.00. The molecule has 0 saturated carbocycles. The van der Waals surface area contributed by atoms with Crippen molar-refractivity contribution in [2.24, 2.45) is 0 Å². The van der Waals surface area contributed by atoms with Gasteiger partial charge < -0.3 is 0 Å². The topological polar surface area (TPSA) is 106 Å². The first-order valence-corrected chi connectivity index (χ1v) is 9.04. The summed E-state index contributed by atoms with van der Waals surface area (Å²) in [7, 11) is -3.38. The summed E-state index contributed by atoms with van der Waals surface area (Å²) in [6.07, 6.45) is 2.63. The van der Waals surface area contributed by atoms with Crippen LogP contribution in [-0.2, 0) is 10.0 Å². The van der Waals surface area contributed by atoms with E-state index >= 15 is 0 Å². The van der Waals surface area contributed by atoms with Crippen molar-refractivity contribution >= 4 is 33.3 Å². The van der Waals surface area contributed by atoms with Crippen LogP contribution in [0.2, 0.25) is 0 Å². The molecule has 7 nitrogen and oxygen atoms in total. The maximum absolute atomic E-state index is 12.2. The smallest absolute Gasteiger partial charge is 0.276 e. The van der Waals surface area contributed by atoms with Crippen LogP contribution in [0.15, 0.2) is 54.6 Å². The maximum Gasteiger partial charge on any atom is 0.276 e. The fourth-order valence-electron chi connectivity index (χ4n) is 2.01. The van der Waals surface area contributed by atoms with Crippen molar-refractivity contribution in [3.8, 4) is 0 Å². The molecule has 0 amide bonds. The van der Waals surface area contributed by atoms with E-state index < -0.39 is 14.9 Å². The van der Waals surface area contributed by atoms with E-state index in [0.717, 1.165) is 0 Å². The van der Waals surface area contributed by atoms with Gasteiger partial charge in [-0.05, 0) is 49.4 Å². The lowest BCUT2D eigenvalue weighted by atomic mass is 10.1. The van der Waals surface area contributed by atoms with Crippen LogP contribution < -0.4 is 4.72 Å². The number of hydrogen-bond donors (Lipinski definition) is 1. The average molecular weight is 360 g/mol. The highest BCUT2D eigenvalue weighted by atomic mass is 32.2. The fourth-order valence-corrected chi connectivity index (χ4v) is 2.65. The van der Waals surface area contributed by atoms with Gasteiger partial charge in [-0.25, -0.2) is 8.42 Å². The number of rotatable bonds is 7. The van der Waals surface area contributed by atoms with Crippen LogP contribution in [0.25, 0.3) is 6.08 Å². The van der Waals surface area contributed by atoms with Crippen LogP contribution in [0, 0.1) is 10.1 Å². The Morgan fingerprint density at radius 3 is 2.40 bits per heavy atom. The van der Waals surface area contributed by atoms with Crippen LogP contribution in [0.4, 0.5) is 11.4 Å². The summed E-state index contributed by atoms with van der Waals surface area (Å²) in [4.78, 5) is 22.6. The molecule has 0 spiro atoms. The Morgan fingerprint density at radius 2 is 1.80 bits per heavy atom. The molecular weight excluding hydrogens is 344 g/mol. The maximum atomic E-state index is 12.2. The third-order valence-electron chi connectivity index (χ3n) is 3.37. The van der Waals surface area contributed by atoms with Gasteiger partial charge in [-0.15, -0.1) is 0 Å². The third kappa shape index (κ3) is 4.98. The third-order valence-corrected chi connectivity index (χ3v) is 4.68. The molecule has 0 aliphatic carbocycles. The van der Waals surface area contributed by atoms with Gasteiger partial charge in [-0.1, -0.05) is 12.1 Å². The first kappa shape index (κ1) is 18.3. The predicted molar refractivity (Wildman–Crippen MR) is 96.0 cm³/mol. The zero-order chi connectivity index (χ0) is 18.4. The van der Waals surface area contributed by atoms with Crippen LogP contribution in [0.5, 0.6) is 0 Å². The highest BCUT2D eigenvalue weighted by Crippen LogP contribution is 2.19. The Labute approximate surface area is 145 Å². The molecule has 0 atom stereocenters. The highest BCUT2D eigenvalue weighted by Gasteiger charge is 2.11. The second-order valence-electron chi connectivity index (χ2n) is 5.10. The van der Waals surface area contributed by atoms with Gasteiger partial charge in [-0.3, -0.25) is 19.6 Å². The summed E-state index contributed by atoms with van der Waals surface area (Å²) < 4.78 is 25.4. The van der Waals surface area contributed by atoms with Crippen LogP contribution in [0.1, 0.15) is 22.8 Å². The summed E-state index contributed by atoms with van der Waals surface area (Å²) in [6.45, 7) is 1.52. The molecule has 0 bridgehead atoms. The molecule has 0 fully saturated rings. The molecule has 2 rings (SSSR count). The fraction of sp³-hybridized carbons (Fsp3) is 0.118. The quantitative estimate of drug-likeness (QED) is 0.353. The number of anilines is 1. The van der Waals surface area contributed by atoms with Gasteiger partial charge in [0.2, 0.25) is 10.0 Å². The number of ketones is 1. The van der Waals surface area contributed by atoms with Crippen molar-refractivity contribution in [2.45, 2.75) is 6.92 Å². The van der Waals surface area contributed by atoms with Gasteiger partial charge in [0.15, 0.2) is 5.78 Å². The standard InChI is InChI=1S/C17H16N2O5S/c1-2-25(23,24)18-15-10-7-14(8-11-15)17(20)12-9-13-5-3-4-6-16(13)19(21)22/h3-12,18H,2H2,1H3. The molecule has 2 aromatic rings. The predicted octanol–water partition coefficient (Wildman–Crippen LogP) is 3.25. The zero-order valence-electron chi connectivity index (χ0n) is 13.4. The summed E-state index contributed by atoms with van der Waals surface area (Å²) in [5.74, 6) is -0.394. The number of allylic oxidation sites excluding steroid dienone is 1. The zero-order valence-corrected chi connectivity index (χ0v) is 14.2. The van der Waals surface area contributed by atoms with E-state index in [1.165, 1.54) is 49.4 Å². The summed E-state index contributed by atoms with van der Waals surface area (Å²) in [5.41, 5.74) is 0.944. The van der Waals surface area contributed by atoms with E-state index in [-0.39, 0.29) is 17.2 Å². The van der Waals surface area contributed by atoms with E-state index in [2.05, 4.69) is 4.72 Å². The molecular formula is C17H16N2O5S. The van der Waals surface area contributed by atoms with Gasteiger partial charge in [0, 0.05) is 17.3 Å². The van der Waals surface area contributed by atoms with Crippen molar-refractivity contribution in [3.63, 3.8) is 0 Å². The minimum Gasteiger partial charge on any atom is -0.289 e. The molecule has 0 aliphatic heterocycles. The molecule has 0 heterocycles. The van der Waals surface area contributed by atoms with E-state index in [1.807, 2.05) is 0 Å². The number of benzene rings is 2. The highest BCUT2D eigenvalue weighted by molar-refractivity contribution is 7.92. The number of nitro benzene ring substituents is 1. The van der Waals surface area contributed by atoms with Crippen molar-refractivity contribution < 1.29 is 18.1 Å². The Bertz CT molecular complexity index is 918. The largest absolute Gasteiger partial charge is 0.289 e. The molecule has 1 N–H and O–H groups in total. The van der Waals surface area contributed by atoms with E-state index in [1.54, 1.807) is 18.2 Å². The van der Waals surface area contributed by atoms with Gasteiger partial charge in [0.1, 0.15) is 0 Å². The lowest BCUT2D eigenvalue weighted by molar-refractivity contribution is -0.385. The summed E-state index contributed by atoms with van der Waals surface area (Å²) >= 11 is 0. The number of nitrogens with one attached hydrogen (secondary N) is 1. The summed E-state index contributed by atoms with van der Waals surface area (Å²) in [5, 5.41) is 10.9. The minimum absolute atomic E-state index is 0.0493. The molecule has 0 aliphatic rings. The number of para-hydroxylation sites is 1. The Kier molecular flexibility index (Phi) is 5.66. The Morgan fingerprint density at radius 1 is 1.16 bits per heavy atom. The van der Waals surface area contributed by atoms with Crippen molar-refractivity contribution in [2.75, 3.05) is 10.5 Å². The minimum atomic E-state index is -3.38. The van der Waals surface area contributed by atoms with Gasteiger partial charge >= 0.3 is 0 Å². The molecule has 0 saturated heterocycles. The van der Waals surface area contributed by atoms with Crippen LogP contribution in [0.3, 0.4) is 0 Å². The van der Waals surface area contributed by atoms with Crippen molar-refractivity contribution in [1.82, 2.24) is 0 Å². The van der Waals surface area contributed by atoms with Gasteiger partial charge in [-0.2, -0.15) is 0 Å². The first-order chi connectivity index (χ1) is 11.8. The number of carbonyl (C=O) groups excluding carboxylic acids is 1. The number of carbonyl (C=O) groups is 1. The lowest BCUT2D eigenvalue weighted by Crippen LogP contribution is -2.14. The number of nitro groups is 1. The monoisotopic (exact) mass is 360 g/mol. The second kappa shape index (κ2) is 7.71. The van der Waals surface area contributed by atoms with Gasteiger partial charge in [0.05, 0.1) is 16.2 Å². The Balaban J connectivity index is 2.15. The molecule has 0 unspecified atom stereocenters. The SMILES string of the molecule is CCS(=O)(=O)Nc1ccc(C(=O)C=Cc2ccccc2[N+](=O)[O-])cc1.